The van der Waals surface area contributed by atoms with Crippen LogP contribution in [-0.4, -0.2) is 25.0 Å². The molecule has 0 radical (unpaired) electrons. The molecule has 1 aromatic rings. The van der Waals surface area contributed by atoms with E-state index in [2.05, 4.69) is 22.7 Å². The molecule has 0 saturated heterocycles. The molecule has 0 aromatic heterocycles. The van der Waals surface area contributed by atoms with E-state index >= 15 is 0 Å². The van der Waals surface area contributed by atoms with Crippen LogP contribution in [0.15, 0.2) is 34.3 Å². The van der Waals surface area contributed by atoms with Gasteiger partial charge >= 0.3 is 0 Å². The molecule has 0 amide bonds. The molecule has 0 aliphatic rings. The molecule has 0 bridgehead atoms. The van der Waals surface area contributed by atoms with Gasteiger partial charge in [-0.05, 0) is 38.2 Å². The van der Waals surface area contributed by atoms with Gasteiger partial charge in [-0.25, -0.2) is 8.42 Å². The highest BCUT2D eigenvalue weighted by Crippen LogP contribution is 2.12. The van der Waals surface area contributed by atoms with E-state index in [0.717, 1.165) is 5.56 Å². The maximum atomic E-state index is 12.0. The molecule has 0 fully saturated rings. The lowest BCUT2D eigenvalue weighted by Gasteiger charge is -2.05. The quantitative estimate of drug-likeness (QED) is 0.489. The van der Waals surface area contributed by atoms with Crippen molar-refractivity contribution >= 4 is 32.9 Å². The maximum absolute atomic E-state index is 12.0. The molecule has 98 valence electrons. The van der Waals surface area contributed by atoms with Gasteiger partial charge in [0.2, 0.25) is 0 Å². The molecular weight excluding hydrogens is 270 g/mol. The molecule has 3 N–H and O–H groups in total. The topological polar surface area (TPSA) is 84.5 Å². The van der Waals surface area contributed by atoms with Gasteiger partial charge in [0, 0.05) is 0 Å². The zero-order chi connectivity index (χ0) is 13.8. The second-order valence-electron chi connectivity index (χ2n) is 3.90. The molecule has 0 heterocycles. The molecule has 7 heteroatoms. The zero-order valence-electron chi connectivity index (χ0n) is 10.2. The van der Waals surface area contributed by atoms with Crippen LogP contribution in [0, 0.1) is 6.92 Å². The van der Waals surface area contributed by atoms with Crippen molar-refractivity contribution in [3.63, 3.8) is 0 Å². The number of nitrogens with zero attached hydrogens (tertiary/aromatic N) is 1. The van der Waals surface area contributed by atoms with Gasteiger partial charge in [-0.3, -0.25) is 5.43 Å². The Morgan fingerprint density at radius 2 is 1.94 bits per heavy atom. The monoisotopic (exact) mass is 285 g/mol. The molecule has 0 atom stereocenters. The number of benzene rings is 1. The first-order valence-electron chi connectivity index (χ1n) is 5.19. The van der Waals surface area contributed by atoms with Crippen molar-refractivity contribution in [1.82, 2.24) is 5.43 Å². The van der Waals surface area contributed by atoms with Crippen molar-refractivity contribution in [2.24, 2.45) is 10.8 Å². The van der Waals surface area contributed by atoms with E-state index in [1.807, 2.05) is 6.92 Å². The van der Waals surface area contributed by atoms with Gasteiger partial charge in [-0.1, -0.05) is 17.7 Å². The molecule has 0 unspecified atom stereocenters. The molecule has 0 saturated carbocycles. The van der Waals surface area contributed by atoms with Crippen LogP contribution in [0.5, 0.6) is 0 Å². The highest BCUT2D eigenvalue weighted by atomic mass is 32.2. The average molecular weight is 285 g/mol. The number of hydrazone groups is 1. The van der Waals surface area contributed by atoms with E-state index in [0.29, 0.717) is 5.71 Å². The number of sulfone groups is 1. The summed E-state index contributed by atoms with van der Waals surface area (Å²) >= 11 is 4.57. The third-order valence-corrected chi connectivity index (χ3v) is 4.02. The summed E-state index contributed by atoms with van der Waals surface area (Å²) in [6.07, 6.45) is 0. The predicted molar refractivity (Wildman–Crippen MR) is 76.3 cm³/mol. The third-order valence-electron chi connectivity index (χ3n) is 2.14. The SMILES string of the molecule is C/C(CS(=O)(=O)c1ccc(C)cc1)=N/NC(N)=S. The minimum absolute atomic E-state index is 0.00193. The standard InChI is InChI=1S/C11H15N3O2S2/c1-8-3-5-10(6-4-8)18(15,16)7-9(2)13-14-11(12)17/h3-6H,7H2,1-2H3,(H3,12,14,17)/b13-9-. The minimum Gasteiger partial charge on any atom is -0.375 e. The predicted octanol–water partition coefficient (Wildman–Crippen LogP) is 0.978. The van der Waals surface area contributed by atoms with Crippen molar-refractivity contribution in [2.75, 3.05) is 5.75 Å². The normalized spacial score (nSPS) is 12.2. The van der Waals surface area contributed by atoms with E-state index in [1.165, 1.54) is 0 Å². The van der Waals surface area contributed by atoms with Crippen LogP contribution in [0.4, 0.5) is 0 Å². The number of hydrogen-bond acceptors (Lipinski definition) is 4. The fourth-order valence-electron chi connectivity index (χ4n) is 1.29. The van der Waals surface area contributed by atoms with E-state index in [1.54, 1.807) is 31.2 Å². The summed E-state index contributed by atoms with van der Waals surface area (Å²) in [6, 6.07) is 6.68. The zero-order valence-corrected chi connectivity index (χ0v) is 11.8. The van der Waals surface area contributed by atoms with E-state index < -0.39 is 9.84 Å². The summed E-state index contributed by atoms with van der Waals surface area (Å²) in [6.45, 7) is 3.49. The molecular formula is C11H15N3O2S2. The smallest absolute Gasteiger partial charge is 0.184 e. The fraction of sp³-hybridized carbons (Fsp3) is 0.273. The molecule has 0 spiro atoms. The van der Waals surface area contributed by atoms with Crippen LogP contribution < -0.4 is 11.2 Å². The molecule has 18 heavy (non-hydrogen) atoms. The van der Waals surface area contributed by atoms with Gasteiger partial charge in [0.15, 0.2) is 14.9 Å². The molecule has 1 rings (SSSR count). The summed E-state index contributed by atoms with van der Waals surface area (Å²) in [7, 11) is -3.38. The van der Waals surface area contributed by atoms with Gasteiger partial charge in [-0.15, -0.1) is 0 Å². The number of hydrogen-bond donors (Lipinski definition) is 2. The van der Waals surface area contributed by atoms with Crippen molar-refractivity contribution in [2.45, 2.75) is 18.7 Å². The lowest BCUT2D eigenvalue weighted by Crippen LogP contribution is -2.26. The number of nitrogens with two attached hydrogens (primary N) is 1. The Hall–Kier alpha value is -1.47. The third kappa shape index (κ3) is 4.42. The summed E-state index contributed by atoms with van der Waals surface area (Å²) in [5, 5.41) is 3.78. The summed E-state index contributed by atoms with van der Waals surface area (Å²) in [5.74, 6) is -0.175. The Labute approximate surface area is 112 Å². The largest absolute Gasteiger partial charge is 0.375 e. The lowest BCUT2D eigenvalue weighted by atomic mass is 10.2. The van der Waals surface area contributed by atoms with Gasteiger partial charge in [0.05, 0.1) is 16.4 Å². The van der Waals surface area contributed by atoms with Gasteiger partial charge in [-0.2, -0.15) is 5.10 Å². The number of rotatable bonds is 4. The van der Waals surface area contributed by atoms with Crippen molar-refractivity contribution in [3.05, 3.63) is 29.8 Å². The van der Waals surface area contributed by atoms with Crippen molar-refractivity contribution in [1.29, 1.82) is 0 Å². The van der Waals surface area contributed by atoms with E-state index in [9.17, 15) is 8.42 Å². The van der Waals surface area contributed by atoms with Crippen LogP contribution in [0.1, 0.15) is 12.5 Å². The summed E-state index contributed by atoms with van der Waals surface area (Å²) in [4.78, 5) is 0.276. The summed E-state index contributed by atoms with van der Waals surface area (Å²) in [5.41, 5.74) is 8.96. The highest BCUT2D eigenvalue weighted by molar-refractivity contribution is 7.92. The molecule has 5 nitrogen and oxygen atoms in total. The second kappa shape index (κ2) is 5.92. The number of thiocarbonyl (C=S) groups is 1. The number of aryl methyl sites for hydroxylation is 1. The van der Waals surface area contributed by atoms with Crippen LogP contribution >= 0.6 is 12.2 Å². The van der Waals surface area contributed by atoms with Crippen LogP contribution in [0.3, 0.4) is 0 Å². The molecule has 1 aromatic carbocycles. The lowest BCUT2D eigenvalue weighted by molar-refractivity contribution is 0.599. The Balaban J connectivity index is 2.85. The van der Waals surface area contributed by atoms with Gasteiger partial charge in [0.1, 0.15) is 0 Å². The fourth-order valence-corrected chi connectivity index (χ4v) is 2.66. The molecule has 0 aliphatic carbocycles. The summed E-state index contributed by atoms with van der Waals surface area (Å²) < 4.78 is 24.1. The highest BCUT2D eigenvalue weighted by Gasteiger charge is 2.15. The minimum atomic E-state index is -3.38. The Morgan fingerprint density at radius 1 is 1.39 bits per heavy atom. The van der Waals surface area contributed by atoms with Crippen molar-refractivity contribution in [3.8, 4) is 0 Å². The van der Waals surface area contributed by atoms with E-state index in [-0.39, 0.29) is 15.8 Å². The van der Waals surface area contributed by atoms with Crippen LogP contribution in [-0.2, 0) is 9.84 Å². The van der Waals surface area contributed by atoms with Crippen molar-refractivity contribution < 1.29 is 8.42 Å². The Kier molecular flexibility index (Phi) is 4.80. The Bertz CT molecular complexity index is 562. The first-order valence-corrected chi connectivity index (χ1v) is 7.25. The second-order valence-corrected chi connectivity index (χ2v) is 6.32. The van der Waals surface area contributed by atoms with Crippen LogP contribution in [0.2, 0.25) is 0 Å². The maximum Gasteiger partial charge on any atom is 0.184 e. The van der Waals surface area contributed by atoms with Gasteiger partial charge < -0.3 is 5.73 Å². The number of nitrogens with one attached hydrogen (secondary N) is 1. The average Bonchev–Trinajstić information content (AvgIpc) is 2.26. The first kappa shape index (κ1) is 14.6. The van der Waals surface area contributed by atoms with Crippen LogP contribution in [0.25, 0.3) is 0 Å². The first-order chi connectivity index (χ1) is 8.31. The van der Waals surface area contributed by atoms with E-state index in [4.69, 9.17) is 5.73 Å². The Morgan fingerprint density at radius 3 is 2.44 bits per heavy atom. The molecule has 0 aliphatic heterocycles. The van der Waals surface area contributed by atoms with Gasteiger partial charge in [0.25, 0.3) is 0 Å².